The van der Waals surface area contributed by atoms with E-state index in [4.69, 9.17) is 18.9 Å². The molecule has 0 radical (unpaired) electrons. The summed E-state index contributed by atoms with van der Waals surface area (Å²) in [4.78, 5) is 10.8. The van der Waals surface area contributed by atoms with Crippen molar-refractivity contribution in [2.75, 3.05) is 26.4 Å². The molecule has 0 N–H and O–H groups in total. The minimum absolute atomic E-state index is 0.369. The smallest absolute Gasteiger partial charge is 0.161 e. The first-order valence-electron chi connectivity index (χ1n) is 7.97. The topological polar surface area (TPSA) is 54.0 Å². The maximum Gasteiger partial charge on any atom is 0.161 e. The van der Waals surface area contributed by atoms with Crippen LogP contribution in [-0.2, 0) is 0 Å². The van der Waals surface area contributed by atoms with Crippen LogP contribution in [0.2, 0.25) is 0 Å². The predicted molar refractivity (Wildman–Crippen MR) is 91.6 cm³/mol. The molecule has 0 saturated carbocycles. The predicted octanol–water partition coefficient (Wildman–Crippen LogP) is 3.75. The van der Waals surface area contributed by atoms with E-state index in [0.29, 0.717) is 43.5 Å². The van der Waals surface area contributed by atoms with E-state index in [1.54, 1.807) is 18.2 Å². The van der Waals surface area contributed by atoms with Gasteiger partial charge in [-0.25, -0.2) is 0 Å². The molecule has 2 aromatic carbocycles. The molecule has 0 saturated heterocycles. The second-order valence-electron chi connectivity index (χ2n) is 4.86. The summed E-state index contributed by atoms with van der Waals surface area (Å²) in [5.74, 6) is 2.72. The molecule has 0 bridgehead atoms. The van der Waals surface area contributed by atoms with Crippen molar-refractivity contribution in [3.63, 3.8) is 0 Å². The Bertz CT molecular complexity index is 637. The summed E-state index contributed by atoms with van der Waals surface area (Å²) in [6.07, 6.45) is 0.779. The van der Waals surface area contributed by atoms with Gasteiger partial charge in [-0.3, -0.25) is 4.79 Å². The highest BCUT2D eigenvalue weighted by molar-refractivity contribution is 5.76. The first kappa shape index (κ1) is 17.7. The van der Waals surface area contributed by atoms with Crippen molar-refractivity contribution in [3.8, 4) is 23.0 Å². The van der Waals surface area contributed by atoms with Gasteiger partial charge in [0.25, 0.3) is 0 Å². The van der Waals surface area contributed by atoms with Gasteiger partial charge in [-0.15, -0.1) is 0 Å². The van der Waals surface area contributed by atoms with Crippen molar-refractivity contribution < 1.29 is 23.7 Å². The Morgan fingerprint density at radius 3 is 2.00 bits per heavy atom. The van der Waals surface area contributed by atoms with Crippen LogP contribution in [0.1, 0.15) is 24.2 Å². The fourth-order valence-corrected chi connectivity index (χ4v) is 2.10. The van der Waals surface area contributed by atoms with E-state index >= 15 is 0 Å². The lowest BCUT2D eigenvalue weighted by Crippen LogP contribution is -2.10. The molecule has 5 heteroatoms. The molecule has 0 aliphatic heterocycles. The van der Waals surface area contributed by atoms with Gasteiger partial charge in [0.1, 0.15) is 31.0 Å². The molecule has 24 heavy (non-hydrogen) atoms. The Hall–Kier alpha value is -2.69. The zero-order valence-corrected chi connectivity index (χ0v) is 14.0. The van der Waals surface area contributed by atoms with Crippen LogP contribution in [-0.4, -0.2) is 32.7 Å². The first-order chi connectivity index (χ1) is 11.8. The van der Waals surface area contributed by atoms with Gasteiger partial charge in [0, 0.05) is 5.56 Å². The molecule has 0 amide bonds. The van der Waals surface area contributed by atoms with E-state index in [2.05, 4.69) is 0 Å². The summed E-state index contributed by atoms with van der Waals surface area (Å²) in [5.41, 5.74) is 0.552. The van der Waals surface area contributed by atoms with E-state index in [1.807, 2.05) is 38.1 Å². The normalized spacial score (nSPS) is 10.1. The van der Waals surface area contributed by atoms with Gasteiger partial charge in [-0.1, -0.05) is 0 Å². The molecular weight excluding hydrogens is 308 g/mol. The van der Waals surface area contributed by atoms with Crippen LogP contribution < -0.4 is 18.9 Å². The Kier molecular flexibility index (Phi) is 6.95. The average Bonchev–Trinajstić information content (AvgIpc) is 2.61. The third-order valence-electron chi connectivity index (χ3n) is 3.15. The maximum absolute atomic E-state index is 10.8. The van der Waals surface area contributed by atoms with E-state index in [1.165, 1.54) is 0 Å². The van der Waals surface area contributed by atoms with E-state index in [9.17, 15) is 4.79 Å². The molecule has 0 atom stereocenters. The first-order valence-corrected chi connectivity index (χ1v) is 7.97. The fourth-order valence-electron chi connectivity index (χ4n) is 2.10. The van der Waals surface area contributed by atoms with E-state index < -0.39 is 0 Å². The van der Waals surface area contributed by atoms with Crippen molar-refractivity contribution in [1.82, 2.24) is 0 Å². The van der Waals surface area contributed by atoms with Gasteiger partial charge < -0.3 is 18.9 Å². The number of carbonyl (C=O) groups excluding carboxylic acids is 1. The number of aldehydes is 1. The van der Waals surface area contributed by atoms with Crippen LogP contribution in [0, 0.1) is 0 Å². The quantitative estimate of drug-likeness (QED) is 0.490. The number of carbonyl (C=O) groups is 1. The summed E-state index contributed by atoms with van der Waals surface area (Å²) in [7, 11) is 0. The lowest BCUT2D eigenvalue weighted by Gasteiger charge is -2.13. The number of hydrogen-bond donors (Lipinski definition) is 0. The van der Waals surface area contributed by atoms with Crippen molar-refractivity contribution in [1.29, 1.82) is 0 Å². The second kappa shape index (κ2) is 9.45. The molecule has 0 aromatic heterocycles. The SMILES string of the molecule is CCOc1ccc(OCCOc2ccc(C=O)cc2OCC)cc1. The van der Waals surface area contributed by atoms with Crippen molar-refractivity contribution in [3.05, 3.63) is 48.0 Å². The van der Waals surface area contributed by atoms with Gasteiger partial charge in [0.2, 0.25) is 0 Å². The lowest BCUT2D eigenvalue weighted by molar-refractivity contribution is 0.112. The number of rotatable bonds is 10. The summed E-state index contributed by atoms with van der Waals surface area (Å²) in [6.45, 7) is 5.73. The standard InChI is InChI=1S/C19H22O5/c1-3-21-16-6-8-17(9-7-16)23-11-12-24-18-10-5-15(14-20)13-19(18)22-4-2/h5-10,13-14H,3-4,11-12H2,1-2H3. The van der Waals surface area contributed by atoms with Crippen LogP contribution in [0.5, 0.6) is 23.0 Å². The van der Waals surface area contributed by atoms with Crippen LogP contribution in [0.15, 0.2) is 42.5 Å². The highest BCUT2D eigenvalue weighted by Crippen LogP contribution is 2.28. The maximum atomic E-state index is 10.8. The molecule has 0 spiro atoms. The Balaban J connectivity index is 1.84. The van der Waals surface area contributed by atoms with Crippen LogP contribution >= 0.6 is 0 Å². The van der Waals surface area contributed by atoms with E-state index in [0.717, 1.165) is 17.8 Å². The molecule has 0 heterocycles. The Labute approximate surface area is 142 Å². The largest absolute Gasteiger partial charge is 0.494 e. The zero-order valence-electron chi connectivity index (χ0n) is 14.0. The third-order valence-corrected chi connectivity index (χ3v) is 3.15. The van der Waals surface area contributed by atoms with Gasteiger partial charge in [-0.2, -0.15) is 0 Å². The number of hydrogen-bond acceptors (Lipinski definition) is 5. The summed E-state index contributed by atoms with van der Waals surface area (Å²) in [5, 5.41) is 0. The fraction of sp³-hybridized carbons (Fsp3) is 0.316. The molecule has 0 unspecified atom stereocenters. The molecule has 0 aliphatic carbocycles. The van der Waals surface area contributed by atoms with Gasteiger partial charge in [0.05, 0.1) is 13.2 Å². The molecule has 128 valence electrons. The van der Waals surface area contributed by atoms with Gasteiger partial charge >= 0.3 is 0 Å². The van der Waals surface area contributed by atoms with Crippen molar-refractivity contribution in [2.45, 2.75) is 13.8 Å². The molecular formula is C19H22O5. The highest BCUT2D eigenvalue weighted by atomic mass is 16.5. The lowest BCUT2D eigenvalue weighted by atomic mass is 10.2. The minimum Gasteiger partial charge on any atom is -0.494 e. The monoisotopic (exact) mass is 330 g/mol. The van der Waals surface area contributed by atoms with Crippen LogP contribution in [0.4, 0.5) is 0 Å². The van der Waals surface area contributed by atoms with Gasteiger partial charge in [0.15, 0.2) is 11.5 Å². The highest BCUT2D eigenvalue weighted by Gasteiger charge is 2.06. The minimum atomic E-state index is 0.369. The molecule has 2 rings (SSSR count). The Morgan fingerprint density at radius 2 is 1.38 bits per heavy atom. The second-order valence-corrected chi connectivity index (χ2v) is 4.86. The molecule has 0 aliphatic rings. The summed E-state index contributed by atoms with van der Waals surface area (Å²) in [6, 6.07) is 12.5. The van der Waals surface area contributed by atoms with Crippen LogP contribution in [0.25, 0.3) is 0 Å². The molecule has 0 fully saturated rings. The third kappa shape index (κ3) is 5.19. The van der Waals surface area contributed by atoms with Crippen molar-refractivity contribution in [2.24, 2.45) is 0 Å². The van der Waals surface area contributed by atoms with E-state index in [-0.39, 0.29) is 0 Å². The number of benzene rings is 2. The zero-order chi connectivity index (χ0) is 17.2. The van der Waals surface area contributed by atoms with Crippen LogP contribution in [0.3, 0.4) is 0 Å². The van der Waals surface area contributed by atoms with Gasteiger partial charge in [-0.05, 0) is 56.3 Å². The number of ether oxygens (including phenoxy) is 4. The summed E-state index contributed by atoms with van der Waals surface area (Å²) >= 11 is 0. The molecule has 2 aromatic rings. The Morgan fingerprint density at radius 1 is 0.750 bits per heavy atom. The van der Waals surface area contributed by atoms with Crippen molar-refractivity contribution >= 4 is 6.29 Å². The average molecular weight is 330 g/mol. The molecule has 5 nitrogen and oxygen atoms in total. The summed E-state index contributed by atoms with van der Waals surface area (Å²) < 4.78 is 22.2.